The summed E-state index contributed by atoms with van der Waals surface area (Å²) in [4.78, 5) is 11.5. The number of aromatic nitrogens is 2. The second-order valence-corrected chi connectivity index (χ2v) is 5.53. The van der Waals surface area contributed by atoms with Crippen LogP contribution in [0.3, 0.4) is 0 Å². The topological polar surface area (TPSA) is 54.2 Å². The molecule has 5 heteroatoms. The maximum absolute atomic E-state index is 5.86. The molecule has 22 heavy (non-hydrogen) atoms. The summed E-state index contributed by atoms with van der Waals surface area (Å²) in [5.41, 5.74) is 3.43. The van der Waals surface area contributed by atoms with Gasteiger partial charge in [-0.05, 0) is 49.2 Å². The van der Waals surface area contributed by atoms with Gasteiger partial charge in [0.2, 0.25) is 11.6 Å². The zero-order chi connectivity index (χ0) is 14.9. The normalized spacial score (nSPS) is 14.7. The molecule has 0 amide bonds. The van der Waals surface area contributed by atoms with E-state index < -0.39 is 0 Å². The van der Waals surface area contributed by atoms with Crippen LogP contribution in [0, 0.1) is 0 Å². The van der Waals surface area contributed by atoms with Crippen molar-refractivity contribution < 1.29 is 4.42 Å². The number of nitrogens with zero attached hydrogens (tertiary/aromatic N) is 3. The number of fused-ring (bicyclic) bond motifs is 1. The Morgan fingerprint density at radius 3 is 2.50 bits per heavy atom. The minimum Gasteiger partial charge on any atom is -0.418 e. The third-order valence-electron chi connectivity index (χ3n) is 4.09. The third-order valence-corrected chi connectivity index (χ3v) is 4.09. The van der Waals surface area contributed by atoms with Gasteiger partial charge in [0.05, 0.1) is 0 Å². The number of nitrogens with one attached hydrogen (secondary N) is 1. The van der Waals surface area contributed by atoms with E-state index in [1.54, 1.807) is 0 Å². The SMILES string of the molecule is CNc1ccc(-c2nc3ccc(N4CCCC4)nc3o2)cc1. The molecule has 1 N–H and O–H groups in total. The van der Waals surface area contributed by atoms with Crippen LogP contribution in [-0.2, 0) is 0 Å². The van der Waals surface area contributed by atoms with Crippen LogP contribution in [0.2, 0.25) is 0 Å². The van der Waals surface area contributed by atoms with Crippen molar-refractivity contribution >= 4 is 22.7 Å². The Labute approximate surface area is 129 Å². The first-order valence-corrected chi connectivity index (χ1v) is 7.64. The molecule has 3 heterocycles. The molecule has 0 unspecified atom stereocenters. The van der Waals surface area contributed by atoms with E-state index in [4.69, 9.17) is 4.42 Å². The highest BCUT2D eigenvalue weighted by atomic mass is 16.4. The molecule has 0 spiro atoms. The smallest absolute Gasteiger partial charge is 0.249 e. The van der Waals surface area contributed by atoms with E-state index in [-0.39, 0.29) is 0 Å². The van der Waals surface area contributed by atoms with Gasteiger partial charge in [-0.1, -0.05) is 0 Å². The van der Waals surface area contributed by atoms with Crippen LogP contribution in [-0.4, -0.2) is 30.1 Å². The lowest BCUT2D eigenvalue weighted by molar-refractivity contribution is 0.607. The average molecular weight is 294 g/mol. The zero-order valence-electron chi connectivity index (χ0n) is 12.5. The van der Waals surface area contributed by atoms with Gasteiger partial charge in [0.15, 0.2) is 0 Å². The standard InChI is InChI=1S/C17H18N4O/c1-18-13-6-4-12(5-7-13)16-19-14-8-9-15(20-17(14)22-16)21-10-2-3-11-21/h4-9,18H,2-3,10-11H2,1H3. The first kappa shape index (κ1) is 13.1. The van der Waals surface area contributed by atoms with Gasteiger partial charge >= 0.3 is 0 Å². The molecule has 4 rings (SSSR count). The molecule has 3 aromatic rings. The first-order chi connectivity index (χ1) is 10.8. The summed E-state index contributed by atoms with van der Waals surface area (Å²) in [7, 11) is 1.90. The van der Waals surface area contributed by atoms with Crippen molar-refractivity contribution in [3.63, 3.8) is 0 Å². The second-order valence-electron chi connectivity index (χ2n) is 5.53. The number of rotatable bonds is 3. The highest BCUT2D eigenvalue weighted by Gasteiger charge is 2.16. The van der Waals surface area contributed by atoms with Crippen molar-refractivity contribution in [1.29, 1.82) is 0 Å². The Kier molecular flexibility index (Phi) is 3.18. The Hall–Kier alpha value is -2.56. The predicted octanol–water partition coefficient (Wildman–Crippen LogP) is 3.53. The summed E-state index contributed by atoms with van der Waals surface area (Å²) in [6, 6.07) is 12.0. The number of anilines is 2. The van der Waals surface area contributed by atoms with E-state index in [1.807, 2.05) is 43.4 Å². The Morgan fingerprint density at radius 1 is 1.00 bits per heavy atom. The lowest BCUT2D eigenvalue weighted by Gasteiger charge is -2.15. The molecule has 1 aliphatic rings. The van der Waals surface area contributed by atoms with Gasteiger partial charge in [-0.15, -0.1) is 0 Å². The molecule has 5 nitrogen and oxygen atoms in total. The Balaban J connectivity index is 1.70. The summed E-state index contributed by atoms with van der Waals surface area (Å²) in [6.45, 7) is 2.15. The third kappa shape index (κ3) is 2.28. The van der Waals surface area contributed by atoms with Crippen LogP contribution < -0.4 is 10.2 Å². The fourth-order valence-electron chi connectivity index (χ4n) is 2.83. The summed E-state index contributed by atoms with van der Waals surface area (Å²) in [6.07, 6.45) is 2.47. The van der Waals surface area contributed by atoms with Gasteiger partial charge in [0.25, 0.3) is 0 Å². The molecule has 1 aromatic carbocycles. The molecule has 1 fully saturated rings. The van der Waals surface area contributed by atoms with Crippen LogP contribution >= 0.6 is 0 Å². The Bertz CT molecular complexity index is 788. The fraction of sp³-hybridized carbons (Fsp3) is 0.294. The molecule has 0 bridgehead atoms. The minimum absolute atomic E-state index is 0.608. The van der Waals surface area contributed by atoms with Crippen molar-refractivity contribution in [2.45, 2.75) is 12.8 Å². The average Bonchev–Trinajstić information content (AvgIpc) is 3.23. The summed E-state index contributed by atoms with van der Waals surface area (Å²) >= 11 is 0. The second kappa shape index (κ2) is 5.33. The van der Waals surface area contributed by atoms with Gasteiger partial charge in [-0.25, -0.2) is 4.98 Å². The molecule has 1 saturated heterocycles. The van der Waals surface area contributed by atoms with E-state index in [2.05, 4.69) is 20.2 Å². The van der Waals surface area contributed by atoms with Gasteiger partial charge in [-0.2, -0.15) is 4.98 Å². The van der Waals surface area contributed by atoms with E-state index in [9.17, 15) is 0 Å². The molecule has 0 radical (unpaired) electrons. The van der Waals surface area contributed by atoms with Crippen molar-refractivity contribution in [3.05, 3.63) is 36.4 Å². The van der Waals surface area contributed by atoms with Crippen LogP contribution in [0.1, 0.15) is 12.8 Å². The molecular formula is C17H18N4O. The highest BCUT2D eigenvalue weighted by molar-refractivity contribution is 5.75. The molecular weight excluding hydrogens is 276 g/mol. The van der Waals surface area contributed by atoms with Crippen molar-refractivity contribution in [1.82, 2.24) is 9.97 Å². The van der Waals surface area contributed by atoms with Gasteiger partial charge < -0.3 is 14.6 Å². The van der Waals surface area contributed by atoms with E-state index in [0.29, 0.717) is 11.6 Å². The zero-order valence-corrected chi connectivity index (χ0v) is 12.5. The molecule has 2 aromatic heterocycles. The maximum Gasteiger partial charge on any atom is 0.249 e. The van der Waals surface area contributed by atoms with E-state index in [1.165, 1.54) is 12.8 Å². The molecule has 0 saturated carbocycles. The van der Waals surface area contributed by atoms with E-state index >= 15 is 0 Å². The molecule has 112 valence electrons. The van der Waals surface area contributed by atoms with E-state index in [0.717, 1.165) is 35.7 Å². The lowest BCUT2D eigenvalue weighted by Crippen LogP contribution is -2.18. The summed E-state index contributed by atoms with van der Waals surface area (Å²) in [5.74, 6) is 1.60. The summed E-state index contributed by atoms with van der Waals surface area (Å²) < 4.78 is 5.86. The van der Waals surface area contributed by atoms with Crippen LogP contribution in [0.15, 0.2) is 40.8 Å². The highest BCUT2D eigenvalue weighted by Crippen LogP contribution is 2.27. The van der Waals surface area contributed by atoms with Crippen molar-refractivity contribution in [2.75, 3.05) is 30.4 Å². The van der Waals surface area contributed by atoms with Crippen molar-refractivity contribution in [2.24, 2.45) is 0 Å². The number of pyridine rings is 1. The molecule has 0 aliphatic carbocycles. The number of hydrogen-bond donors (Lipinski definition) is 1. The van der Waals surface area contributed by atoms with Gasteiger partial charge in [0.1, 0.15) is 11.3 Å². The van der Waals surface area contributed by atoms with Crippen LogP contribution in [0.4, 0.5) is 11.5 Å². The lowest BCUT2D eigenvalue weighted by atomic mass is 10.2. The first-order valence-electron chi connectivity index (χ1n) is 7.64. The predicted molar refractivity (Wildman–Crippen MR) is 88.2 cm³/mol. The maximum atomic E-state index is 5.86. The van der Waals surface area contributed by atoms with Crippen LogP contribution in [0.25, 0.3) is 22.7 Å². The van der Waals surface area contributed by atoms with Crippen LogP contribution in [0.5, 0.6) is 0 Å². The Morgan fingerprint density at radius 2 is 1.77 bits per heavy atom. The molecule has 0 atom stereocenters. The number of benzene rings is 1. The minimum atomic E-state index is 0.608. The molecule has 1 aliphatic heterocycles. The summed E-state index contributed by atoms with van der Waals surface area (Å²) in [5, 5.41) is 3.10. The largest absolute Gasteiger partial charge is 0.418 e. The quantitative estimate of drug-likeness (QED) is 0.801. The monoisotopic (exact) mass is 294 g/mol. The van der Waals surface area contributed by atoms with Gasteiger partial charge in [0, 0.05) is 31.4 Å². The van der Waals surface area contributed by atoms with Crippen molar-refractivity contribution in [3.8, 4) is 11.5 Å². The van der Waals surface area contributed by atoms with Gasteiger partial charge in [-0.3, -0.25) is 0 Å². The number of hydrogen-bond acceptors (Lipinski definition) is 5. The number of oxazole rings is 1. The fourth-order valence-corrected chi connectivity index (χ4v) is 2.83.